The Bertz CT molecular complexity index is 17.6. The first kappa shape index (κ1) is 5.43. The Morgan fingerprint density at radius 1 is 1.60 bits per heavy atom. The quantitative estimate of drug-likeness (QED) is 0.423. The molecule has 0 rings (SSSR count). The van der Waals surface area contributed by atoms with Gasteiger partial charge >= 0.3 is 35.2 Å². The third kappa shape index (κ3) is 4.43. The molecule has 5 heavy (non-hydrogen) atoms. The molecule has 0 saturated carbocycles. The van der Waals surface area contributed by atoms with Crippen molar-refractivity contribution in [3.05, 3.63) is 0 Å². The van der Waals surface area contributed by atoms with Crippen LogP contribution in [0.4, 0.5) is 0 Å². The van der Waals surface area contributed by atoms with E-state index in [1.165, 1.54) is 15.4 Å². The van der Waals surface area contributed by atoms with Gasteiger partial charge in [0.05, 0.1) is 0 Å². The molecule has 0 N–H and O–H groups in total. The molecule has 0 bridgehead atoms. The van der Waals surface area contributed by atoms with E-state index >= 15 is 0 Å². The van der Waals surface area contributed by atoms with E-state index in [0.29, 0.717) is 0 Å². The first-order valence-electron chi connectivity index (χ1n) is 2.27. The fourth-order valence-corrected chi connectivity index (χ4v) is 0. The van der Waals surface area contributed by atoms with Gasteiger partial charge in [0.25, 0.3) is 0 Å². The molecular weight excluding hydrogens is 79.0 g/mol. The van der Waals surface area contributed by atoms with Crippen LogP contribution in [0.5, 0.6) is 0 Å². The summed E-state index contributed by atoms with van der Waals surface area (Å²) >= 11 is 0. The van der Waals surface area contributed by atoms with Crippen molar-refractivity contribution in [1.82, 2.24) is 0 Å². The third-order valence-corrected chi connectivity index (χ3v) is 2.45. The van der Waals surface area contributed by atoms with Crippen LogP contribution in [0, 0.1) is 5.92 Å². The Balaban J connectivity index is 2.54. The average molecular weight is 92.1 g/mol. The van der Waals surface area contributed by atoms with Crippen molar-refractivity contribution in [3.8, 4) is 0 Å². The zero-order valence-corrected chi connectivity index (χ0v) is 6.28. The molecule has 0 saturated heterocycles. The minimum absolute atomic E-state index is 0.946. The molecule has 0 radical (unpaired) electrons. The molecule has 0 nitrogen and oxygen atoms in total. The van der Waals surface area contributed by atoms with Gasteiger partial charge in [-0.1, -0.05) is 0 Å². The van der Waals surface area contributed by atoms with Crippen LogP contribution in [-0.2, 0) is 0 Å². The van der Waals surface area contributed by atoms with Gasteiger partial charge in [-0.15, -0.1) is 0 Å². The van der Waals surface area contributed by atoms with E-state index in [0.717, 1.165) is 5.92 Å². The van der Waals surface area contributed by atoms with Crippen LogP contribution < -0.4 is 0 Å². The van der Waals surface area contributed by atoms with Crippen LogP contribution in [-0.4, -0.2) is 6.16 Å². The first-order valence-corrected chi connectivity index (χ1v) is 3.68. The summed E-state index contributed by atoms with van der Waals surface area (Å²) in [6, 6.07) is 0. The summed E-state index contributed by atoms with van der Waals surface area (Å²) in [5, 5.41) is 0. The molecule has 0 heterocycles. The summed E-state index contributed by atoms with van der Waals surface area (Å²) in [6.07, 6.45) is 1.44. The molecule has 0 aliphatic carbocycles. The molecule has 0 aromatic heterocycles. The fraction of sp³-hybridized carbons (Fsp3) is 1.00. The van der Waals surface area contributed by atoms with E-state index in [-0.39, 0.29) is 0 Å². The summed E-state index contributed by atoms with van der Waals surface area (Å²) in [6.45, 7) is 4.51. The molecule has 34 valence electrons. The Hall–Kier alpha value is 0.430. The van der Waals surface area contributed by atoms with Gasteiger partial charge in [0.1, 0.15) is 0 Å². The molecule has 0 spiro atoms. The molecule has 1 heteroatoms. The van der Waals surface area contributed by atoms with Crippen LogP contribution in [0.3, 0.4) is 0 Å². The summed E-state index contributed by atoms with van der Waals surface area (Å²) in [5.74, 6) is 0.946. The maximum atomic E-state index is 2.26. The number of rotatable bonds is 1. The van der Waals surface area contributed by atoms with Crippen molar-refractivity contribution in [2.75, 3.05) is 6.16 Å². The molecule has 0 fully saturated rings. The van der Waals surface area contributed by atoms with E-state index in [1.54, 1.807) is 0 Å². The van der Waals surface area contributed by atoms with Crippen molar-refractivity contribution >= 4 is 9.24 Å². The summed E-state index contributed by atoms with van der Waals surface area (Å²) in [4.78, 5) is 0. The second-order valence-corrected chi connectivity index (χ2v) is 2.62. The van der Waals surface area contributed by atoms with Gasteiger partial charge in [-0.2, -0.15) is 0 Å². The summed E-state index contributed by atoms with van der Waals surface area (Å²) < 4.78 is 0. The zero-order chi connectivity index (χ0) is 4.28. The Morgan fingerprint density at radius 2 is 1.80 bits per heavy atom. The van der Waals surface area contributed by atoms with E-state index in [9.17, 15) is 0 Å². The van der Waals surface area contributed by atoms with Crippen molar-refractivity contribution in [2.24, 2.45) is 5.92 Å². The van der Waals surface area contributed by atoms with Gasteiger partial charge in [0.15, 0.2) is 0 Å². The molecule has 0 aromatic carbocycles. The van der Waals surface area contributed by atoms with Gasteiger partial charge in [-0.3, -0.25) is 0 Å². The number of hydrogen-bond acceptors (Lipinski definition) is 0. The van der Waals surface area contributed by atoms with E-state index < -0.39 is 0 Å². The van der Waals surface area contributed by atoms with Crippen LogP contribution in [0.25, 0.3) is 0 Å². The van der Waals surface area contributed by atoms with Crippen LogP contribution >= 0.6 is 9.24 Å². The maximum absolute atomic E-state index is 2.26. The van der Waals surface area contributed by atoms with Crippen molar-refractivity contribution in [1.29, 1.82) is 0 Å². The Kier molecular flexibility index (Phi) is 2.88. The van der Waals surface area contributed by atoms with E-state index in [4.69, 9.17) is 0 Å². The van der Waals surface area contributed by atoms with Gasteiger partial charge in [0, 0.05) is 0 Å². The Labute approximate surface area is 36.2 Å². The van der Waals surface area contributed by atoms with E-state index in [1.807, 2.05) is 0 Å². The zero-order valence-electron chi connectivity index (χ0n) is 4.28. The molecular formula is C4H13P. The van der Waals surface area contributed by atoms with Crippen LogP contribution in [0.15, 0.2) is 0 Å². The molecule has 0 aliphatic heterocycles. The molecule has 0 amide bonds. The predicted molar refractivity (Wildman–Crippen MR) is 32.2 cm³/mol. The molecule has 0 atom stereocenters. The van der Waals surface area contributed by atoms with Crippen molar-refractivity contribution in [2.45, 2.75) is 13.8 Å². The first-order chi connectivity index (χ1) is 2.27. The van der Waals surface area contributed by atoms with Gasteiger partial charge in [-0.25, -0.2) is 0 Å². The van der Waals surface area contributed by atoms with Gasteiger partial charge in [-0.05, 0) is 0 Å². The Morgan fingerprint density at radius 3 is 1.80 bits per heavy atom. The van der Waals surface area contributed by atoms with Gasteiger partial charge in [0.2, 0.25) is 0 Å². The fourth-order valence-electron chi connectivity index (χ4n) is 0. The third-order valence-electron chi connectivity index (χ3n) is 0.816. The topological polar surface area (TPSA) is 0 Å². The van der Waals surface area contributed by atoms with Crippen molar-refractivity contribution in [3.63, 3.8) is 0 Å². The number of hydrogen-bond donors (Lipinski definition) is 0. The monoisotopic (exact) mass is 92.1 g/mol. The molecule has 0 aliphatic rings. The van der Waals surface area contributed by atoms with Gasteiger partial charge < -0.3 is 0 Å². The second kappa shape index (κ2) is 2.66. The van der Waals surface area contributed by atoms with Crippen LogP contribution in [0.2, 0.25) is 0 Å². The van der Waals surface area contributed by atoms with Crippen molar-refractivity contribution < 1.29 is 0 Å². The second-order valence-electron chi connectivity index (χ2n) is 1.80. The summed E-state index contributed by atoms with van der Waals surface area (Å²) in [5.41, 5.74) is 0. The standard InChI is InChI=1S/C4H13P/c1-4(2)3-5/h4H,3H2,1-2H3,5H4. The minimum atomic E-state index is 0.946. The SMILES string of the molecule is CC(C)C[PH4]. The summed E-state index contributed by atoms with van der Waals surface area (Å²) in [7, 11) is 1.37. The molecule has 0 unspecified atom stereocenters. The predicted octanol–water partition coefficient (Wildman–Crippen LogP) is 0.982. The normalized spacial score (nSPS) is 9.80. The average Bonchev–Trinajstić information content (AvgIpc) is 1.38. The molecule has 0 aromatic rings. The van der Waals surface area contributed by atoms with E-state index in [2.05, 4.69) is 13.8 Å². The van der Waals surface area contributed by atoms with Crippen LogP contribution in [0.1, 0.15) is 13.8 Å².